The van der Waals surface area contributed by atoms with Gasteiger partial charge in [-0.05, 0) is 64.0 Å². The summed E-state index contributed by atoms with van der Waals surface area (Å²) < 4.78 is 5.84. The first-order valence-corrected chi connectivity index (χ1v) is 10.9. The highest BCUT2D eigenvalue weighted by molar-refractivity contribution is 9.10. The lowest BCUT2D eigenvalue weighted by molar-refractivity contribution is -0.140. The molecule has 2 aromatic carbocycles. The smallest absolute Gasteiger partial charge is 0.296 e. The van der Waals surface area contributed by atoms with Crippen molar-refractivity contribution in [3.8, 4) is 5.75 Å². The van der Waals surface area contributed by atoms with E-state index in [4.69, 9.17) is 16.3 Å². The number of aliphatic hydroxyl groups excluding tert-OH is 1. The second kappa shape index (κ2) is 9.14. The topological polar surface area (TPSA) is 79.7 Å². The molecule has 0 aliphatic carbocycles. The Morgan fingerprint density at radius 1 is 1.16 bits per heavy atom. The molecule has 1 N–H and O–H groups in total. The summed E-state index contributed by atoms with van der Waals surface area (Å²) in [5.74, 6) is -1.16. The van der Waals surface area contributed by atoms with Gasteiger partial charge in [0.05, 0.1) is 35.4 Å². The van der Waals surface area contributed by atoms with E-state index in [1.807, 2.05) is 6.07 Å². The number of aliphatic hydroxyl groups is 1. The van der Waals surface area contributed by atoms with Crippen molar-refractivity contribution in [2.75, 3.05) is 7.11 Å². The highest BCUT2D eigenvalue weighted by Crippen LogP contribution is 2.41. The zero-order valence-corrected chi connectivity index (χ0v) is 19.3. The lowest BCUT2D eigenvalue weighted by Gasteiger charge is -2.25. The Bertz CT molecular complexity index is 1210. The third-order valence-electron chi connectivity index (χ3n) is 5.21. The van der Waals surface area contributed by atoms with Gasteiger partial charge in [-0.2, -0.15) is 0 Å². The molecule has 1 aliphatic heterocycles. The van der Waals surface area contributed by atoms with Gasteiger partial charge in [-0.1, -0.05) is 29.8 Å². The standard InChI is InChI=1S/C24H18BrClN2O4/c1-32-19-10-7-15(12-18(19)25)22(29)20-21(14-5-8-16(26)9-6-14)28(24(31)23(20)30)13-17-4-2-3-11-27-17/h2-12,21,29H,13H2,1H3/b22-20-. The zero-order chi connectivity index (χ0) is 22.8. The number of halogens is 2. The Balaban J connectivity index is 1.86. The third-order valence-corrected chi connectivity index (χ3v) is 6.08. The number of aromatic nitrogens is 1. The minimum Gasteiger partial charge on any atom is -0.507 e. The SMILES string of the molecule is COc1ccc(/C(O)=C2/C(=O)C(=O)N(Cc3ccccn3)C2c2ccc(Cl)cc2)cc1Br. The number of amides is 1. The van der Waals surface area contributed by atoms with Crippen LogP contribution >= 0.6 is 27.5 Å². The number of rotatable bonds is 5. The van der Waals surface area contributed by atoms with Crippen LogP contribution in [0.15, 0.2) is 76.9 Å². The molecule has 0 bridgehead atoms. The fraction of sp³-hybridized carbons (Fsp3) is 0.125. The number of carbonyl (C=O) groups is 2. The molecule has 6 nitrogen and oxygen atoms in total. The van der Waals surface area contributed by atoms with Gasteiger partial charge < -0.3 is 14.7 Å². The van der Waals surface area contributed by atoms with E-state index in [1.165, 1.54) is 12.0 Å². The van der Waals surface area contributed by atoms with E-state index in [0.717, 1.165) is 0 Å². The van der Waals surface area contributed by atoms with Crippen LogP contribution in [0.4, 0.5) is 0 Å². The van der Waals surface area contributed by atoms with Crippen LogP contribution in [-0.4, -0.2) is 33.8 Å². The maximum atomic E-state index is 13.1. The van der Waals surface area contributed by atoms with Crippen LogP contribution in [0.3, 0.4) is 0 Å². The number of nitrogens with zero attached hydrogens (tertiary/aromatic N) is 2. The largest absolute Gasteiger partial charge is 0.507 e. The van der Waals surface area contributed by atoms with Crippen LogP contribution in [0.5, 0.6) is 5.75 Å². The molecule has 1 amide bonds. The van der Waals surface area contributed by atoms with Crippen molar-refractivity contribution in [3.63, 3.8) is 0 Å². The average Bonchev–Trinajstić information content (AvgIpc) is 3.04. The van der Waals surface area contributed by atoms with Gasteiger partial charge in [0.15, 0.2) is 0 Å². The van der Waals surface area contributed by atoms with Gasteiger partial charge in [0.25, 0.3) is 11.7 Å². The fourth-order valence-electron chi connectivity index (χ4n) is 3.67. The van der Waals surface area contributed by atoms with Crippen molar-refractivity contribution in [2.45, 2.75) is 12.6 Å². The van der Waals surface area contributed by atoms with Gasteiger partial charge in [-0.25, -0.2) is 0 Å². The quantitative estimate of drug-likeness (QED) is 0.291. The van der Waals surface area contributed by atoms with Crippen molar-refractivity contribution >= 4 is 45.0 Å². The van der Waals surface area contributed by atoms with Crippen LogP contribution in [0.1, 0.15) is 22.9 Å². The van der Waals surface area contributed by atoms with Gasteiger partial charge in [-0.15, -0.1) is 0 Å². The summed E-state index contributed by atoms with van der Waals surface area (Å²) in [6.07, 6.45) is 1.62. The number of methoxy groups -OCH3 is 1. The van der Waals surface area contributed by atoms with E-state index in [9.17, 15) is 14.7 Å². The minimum atomic E-state index is -0.796. The maximum Gasteiger partial charge on any atom is 0.296 e. The number of hydrogen-bond acceptors (Lipinski definition) is 5. The van der Waals surface area contributed by atoms with Crippen LogP contribution in [0.25, 0.3) is 5.76 Å². The summed E-state index contributed by atoms with van der Waals surface area (Å²) in [4.78, 5) is 31.8. The van der Waals surface area contributed by atoms with E-state index in [-0.39, 0.29) is 17.9 Å². The first kappa shape index (κ1) is 22.0. The van der Waals surface area contributed by atoms with Crippen LogP contribution in [-0.2, 0) is 16.1 Å². The predicted molar refractivity (Wildman–Crippen MR) is 124 cm³/mol. The van der Waals surface area contributed by atoms with E-state index >= 15 is 0 Å². The lowest BCUT2D eigenvalue weighted by Crippen LogP contribution is -2.29. The van der Waals surface area contributed by atoms with Crippen LogP contribution in [0.2, 0.25) is 5.02 Å². The molecule has 4 rings (SSSR count). The maximum absolute atomic E-state index is 13.1. The molecule has 1 atom stereocenters. The van der Waals surface area contributed by atoms with Gasteiger partial charge in [0, 0.05) is 16.8 Å². The molecule has 0 spiro atoms. The van der Waals surface area contributed by atoms with E-state index in [2.05, 4.69) is 20.9 Å². The van der Waals surface area contributed by atoms with Gasteiger partial charge in [-0.3, -0.25) is 14.6 Å². The number of Topliss-reactive ketones (excluding diaryl/α,β-unsaturated/α-hetero) is 1. The molecule has 162 valence electrons. The first-order chi connectivity index (χ1) is 15.4. The second-order valence-electron chi connectivity index (χ2n) is 7.15. The van der Waals surface area contributed by atoms with E-state index in [0.29, 0.717) is 32.1 Å². The molecule has 1 fully saturated rings. The molecule has 1 unspecified atom stereocenters. The Morgan fingerprint density at radius 2 is 1.91 bits per heavy atom. The van der Waals surface area contributed by atoms with E-state index in [1.54, 1.807) is 60.8 Å². The molecule has 3 aromatic rings. The van der Waals surface area contributed by atoms with Crippen molar-refractivity contribution in [1.82, 2.24) is 9.88 Å². The third kappa shape index (κ3) is 4.13. The number of likely N-dealkylation sites (tertiary alicyclic amines) is 1. The summed E-state index contributed by atoms with van der Waals surface area (Å²) in [6, 6.07) is 16.3. The Kier molecular flexibility index (Phi) is 6.30. The number of ketones is 1. The van der Waals surface area contributed by atoms with Gasteiger partial charge in [0.1, 0.15) is 11.5 Å². The molecule has 32 heavy (non-hydrogen) atoms. The summed E-state index contributed by atoms with van der Waals surface area (Å²) in [5.41, 5.74) is 1.66. The molecular weight excluding hydrogens is 496 g/mol. The van der Waals surface area contributed by atoms with Gasteiger partial charge >= 0.3 is 0 Å². The molecular formula is C24H18BrClN2O4. The van der Waals surface area contributed by atoms with Crippen LogP contribution < -0.4 is 4.74 Å². The molecule has 0 saturated carbocycles. The lowest BCUT2D eigenvalue weighted by atomic mass is 9.95. The molecule has 8 heteroatoms. The molecule has 1 aliphatic rings. The minimum absolute atomic E-state index is 0.00493. The van der Waals surface area contributed by atoms with Crippen molar-refractivity contribution in [2.24, 2.45) is 0 Å². The number of benzene rings is 2. The predicted octanol–water partition coefficient (Wildman–Crippen LogP) is 5.13. The monoisotopic (exact) mass is 512 g/mol. The highest BCUT2D eigenvalue weighted by atomic mass is 79.9. The Hall–Kier alpha value is -3.16. The van der Waals surface area contributed by atoms with Crippen molar-refractivity contribution in [1.29, 1.82) is 0 Å². The molecule has 1 saturated heterocycles. The number of ether oxygens (including phenoxy) is 1. The molecule has 1 aromatic heterocycles. The van der Waals surface area contributed by atoms with E-state index < -0.39 is 17.7 Å². The average molecular weight is 514 g/mol. The number of carbonyl (C=O) groups excluding carboxylic acids is 2. The second-order valence-corrected chi connectivity index (χ2v) is 8.44. The molecule has 2 heterocycles. The summed E-state index contributed by atoms with van der Waals surface area (Å²) in [7, 11) is 1.53. The molecule has 0 radical (unpaired) electrons. The Labute approximate surface area is 198 Å². The van der Waals surface area contributed by atoms with Crippen LogP contribution in [0, 0.1) is 0 Å². The normalized spacial score (nSPS) is 17.6. The van der Waals surface area contributed by atoms with Crippen molar-refractivity contribution < 1.29 is 19.4 Å². The van der Waals surface area contributed by atoms with Gasteiger partial charge in [0.2, 0.25) is 0 Å². The first-order valence-electron chi connectivity index (χ1n) is 9.68. The fourth-order valence-corrected chi connectivity index (χ4v) is 4.34. The number of pyridine rings is 1. The summed E-state index contributed by atoms with van der Waals surface area (Å²) in [5, 5.41) is 11.7. The van der Waals surface area contributed by atoms with Crippen molar-refractivity contribution in [3.05, 3.63) is 98.7 Å². The zero-order valence-electron chi connectivity index (χ0n) is 17.0. The summed E-state index contributed by atoms with van der Waals surface area (Å²) in [6.45, 7) is 0.113. The Morgan fingerprint density at radius 3 is 2.53 bits per heavy atom. The highest BCUT2D eigenvalue weighted by Gasteiger charge is 2.46. The summed E-state index contributed by atoms with van der Waals surface area (Å²) >= 11 is 9.44. The number of hydrogen-bond donors (Lipinski definition) is 1.